The number of hydrogen-bond acceptors (Lipinski definition) is 3. The molecule has 2 rings (SSSR count). The van der Waals surface area contributed by atoms with Gasteiger partial charge in [0.05, 0.1) is 5.69 Å². The molecule has 4 nitrogen and oxygen atoms in total. The highest BCUT2D eigenvalue weighted by molar-refractivity contribution is 5.64. The fourth-order valence-electron chi connectivity index (χ4n) is 1.28. The zero-order valence-electron chi connectivity index (χ0n) is 7.92. The van der Waals surface area contributed by atoms with Gasteiger partial charge in [0.15, 0.2) is 5.69 Å². The van der Waals surface area contributed by atoms with E-state index in [0.29, 0.717) is 11.3 Å². The molecule has 0 saturated heterocycles. The standard InChI is InChI=1S/C9H7F3N4/c10-9(11,12)8-7(14-16-15-8)5-1-3-6(13)4-2-5/h1-4H,13H2,(H,14,15,16). The van der Waals surface area contributed by atoms with Gasteiger partial charge in [-0.25, -0.2) is 0 Å². The monoisotopic (exact) mass is 228 g/mol. The van der Waals surface area contributed by atoms with E-state index in [2.05, 4.69) is 15.4 Å². The molecule has 0 bridgehead atoms. The van der Waals surface area contributed by atoms with Crippen LogP contribution in [0.15, 0.2) is 24.3 Å². The van der Waals surface area contributed by atoms with Crippen molar-refractivity contribution in [1.82, 2.24) is 15.4 Å². The van der Waals surface area contributed by atoms with Gasteiger partial charge in [0.25, 0.3) is 0 Å². The number of aromatic nitrogens is 3. The first-order valence-corrected chi connectivity index (χ1v) is 4.32. The van der Waals surface area contributed by atoms with E-state index in [1.807, 2.05) is 0 Å². The van der Waals surface area contributed by atoms with Gasteiger partial charge in [-0.3, -0.25) is 5.10 Å². The Hall–Kier alpha value is -2.05. The Kier molecular flexibility index (Phi) is 2.30. The van der Waals surface area contributed by atoms with Gasteiger partial charge in [0.2, 0.25) is 0 Å². The topological polar surface area (TPSA) is 67.6 Å². The van der Waals surface area contributed by atoms with E-state index in [0.717, 1.165) is 0 Å². The van der Waals surface area contributed by atoms with Crippen molar-refractivity contribution < 1.29 is 13.2 Å². The minimum atomic E-state index is -4.52. The van der Waals surface area contributed by atoms with Gasteiger partial charge in [-0.05, 0) is 12.1 Å². The number of nitrogens with zero attached hydrogens (tertiary/aromatic N) is 2. The molecule has 1 aromatic heterocycles. The summed E-state index contributed by atoms with van der Waals surface area (Å²) in [7, 11) is 0. The second-order valence-electron chi connectivity index (χ2n) is 3.16. The molecule has 0 spiro atoms. The molecule has 7 heteroatoms. The quantitative estimate of drug-likeness (QED) is 0.734. The average molecular weight is 228 g/mol. The molecule has 0 saturated carbocycles. The number of H-pyrrole nitrogens is 1. The Bertz CT molecular complexity index is 486. The Morgan fingerprint density at radius 1 is 1.12 bits per heavy atom. The number of nitrogens with one attached hydrogen (secondary N) is 1. The number of rotatable bonds is 1. The van der Waals surface area contributed by atoms with Crippen LogP contribution in [0.1, 0.15) is 5.69 Å². The molecule has 1 heterocycles. The molecule has 0 aliphatic rings. The summed E-state index contributed by atoms with van der Waals surface area (Å²) < 4.78 is 37.5. The van der Waals surface area contributed by atoms with Crippen LogP contribution in [-0.4, -0.2) is 15.4 Å². The molecular weight excluding hydrogens is 221 g/mol. The van der Waals surface area contributed by atoms with Crippen LogP contribution < -0.4 is 5.73 Å². The van der Waals surface area contributed by atoms with Crippen LogP contribution in [0.5, 0.6) is 0 Å². The molecule has 0 fully saturated rings. The first kappa shape index (κ1) is 10.5. The second-order valence-corrected chi connectivity index (χ2v) is 3.16. The molecule has 0 amide bonds. The zero-order chi connectivity index (χ0) is 11.8. The summed E-state index contributed by atoms with van der Waals surface area (Å²) in [6.07, 6.45) is -4.52. The van der Waals surface area contributed by atoms with Gasteiger partial charge in [-0.2, -0.15) is 13.2 Å². The van der Waals surface area contributed by atoms with Crippen molar-refractivity contribution in [3.05, 3.63) is 30.0 Å². The van der Waals surface area contributed by atoms with Crippen LogP contribution in [0, 0.1) is 0 Å². The van der Waals surface area contributed by atoms with Crippen molar-refractivity contribution in [3.63, 3.8) is 0 Å². The largest absolute Gasteiger partial charge is 0.437 e. The summed E-state index contributed by atoms with van der Waals surface area (Å²) in [6, 6.07) is 5.96. The third kappa shape index (κ3) is 1.83. The third-order valence-corrected chi connectivity index (χ3v) is 2.02. The summed E-state index contributed by atoms with van der Waals surface area (Å²) in [4.78, 5) is 0. The maximum Gasteiger partial charge on any atom is 0.437 e. The molecule has 16 heavy (non-hydrogen) atoms. The van der Waals surface area contributed by atoms with Crippen molar-refractivity contribution in [3.8, 4) is 11.3 Å². The lowest BCUT2D eigenvalue weighted by Crippen LogP contribution is -2.07. The predicted octanol–water partition coefficient (Wildman–Crippen LogP) is 2.07. The van der Waals surface area contributed by atoms with E-state index < -0.39 is 11.9 Å². The van der Waals surface area contributed by atoms with E-state index in [1.165, 1.54) is 24.3 Å². The van der Waals surface area contributed by atoms with Gasteiger partial charge in [0, 0.05) is 11.3 Å². The van der Waals surface area contributed by atoms with Gasteiger partial charge < -0.3 is 5.73 Å². The highest BCUT2D eigenvalue weighted by Crippen LogP contribution is 2.33. The van der Waals surface area contributed by atoms with Crippen molar-refractivity contribution in [1.29, 1.82) is 0 Å². The van der Waals surface area contributed by atoms with Crippen LogP contribution >= 0.6 is 0 Å². The lowest BCUT2D eigenvalue weighted by Gasteiger charge is -2.05. The van der Waals surface area contributed by atoms with E-state index >= 15 is 0 Å². The van der Waals surface area contributed by atoms with Crippen molar-refractivity contribution in [2.75, 3.05) is 5.73 Å². The number of anilines is 1. The van der Waals surface area contributed by atoms with E-state index in [4.69, 9.17) is 5.73 Å². The fraction of sp³-hybridized carbons (Fsp3) is 0.111. The molecule has 84 valence electrons. The van der Waals surface area contributed by atoms with Crippen LogP contribution in [-0.2, 0) is 6.18 Å². The zero-order valence-corrected chi connectivity index (χ0v) is 7.92. The first-order chi connectivity index (χ1) is 7.48. The van der Waals surface area contributed by atoms with Crippen LogP contribution in [0.3, 0.4) is 0 Å². The normalized spacial score (nSPS) is 11.7. The molecule has 0 aliphatic heterocycles. The van der Waals surface area contributed by atoms with Crippen molar-refractivity contribution >= 4 is 5.69 Å². The first-order valence-electron chi connectivity index (χ1n) is 4.32. The van der Waals surface area contributed by atoms with Gasteiger partial charge in [-0.15, -0.1) is 5.10 Å². The number of alkyl halides is 3. The van der Waals surface area contributed by atoms with Gasteiger partial charge in [-0.1, -0.05) is 17.3 Å². The van der Waals surface area contributed by atoms with E-state index in [9.17, 15) is 13.2 Å². The molecule has 0 atom stereocenters. The van der Waals surface area contributed by atoms with Crippen LogP contribution in [0.25, 0.3) is 11.3 Å². The number of hydrogen-bond donors (Lipinski definition) is 2. The summed E-state index contributed by atoms with van der Waals surface area (Å²) in [5.74, 6) is 0. The lowest BCUT2D eigenvalue weighted by atomic mass is 10.1. The van der Waals surface area contributed by atoms with E-state index in [-0.39, 0.29) is 5.69 Å². The maximum atomic E-state index is 12.5. The average Bonchev–Trinajstić information content (AvgIpc) is 2.66. The maximum absolute atomic E-state index is 12.5. The predicted molar refractivity (Wildman–Crippen MR) is 51.2 cm³/mol. The minimum Gasteiger partial charge on any atom is -0.399 e. The Labute approximate surface area is 88.3 Å². The SMILES string of the molecule is Nc1ccc(-c2[nH]nnc2C(F)(F)F)cc1. The third-order valence-electron chi connectivity index (χ3n) is 2.02. The summed E-state index contributed by atoms with van der Waals surface area (Å²) in [6.45, 7) is 0. The molecule has 3 N–H and O–H groups in total. The Morgan fingerprint density at radius 2 is 1.75 bits per heavy atom. The molecule has 0 unspecified atom stereocenters. The second kappa shape index (κ2) is 3.51. The van der Waals surface area contributed by atoms with Gasteiger partial charge in [0.1, 0.15) is 0 Å². The highest BCUT2D eigenvalue weighted by atomic mass is 19.4. The lowest BCUT2D eigenvalue weighted by molar-refractivity contribution is -0.140. The number of aromatic amines is 1. The Morgan fingerprint density at radius 3 is 2.31 bits per heavy atom. The van der Waals surface area contributed by atoms with Crippen molar-refractivity contribution in [2.24, 2.45) is 0 Å². The number of halogens is 3. The smallest absolute Gasteiger partial charge is 0.399 e. The van der Waals surface area contributed by atoms with Gasteiger partial charge >= 0.3 is 6.18 Å². The summed E-state index contributed by atoms with van der Waals surface area (Å²) in [5, 5.41) is 8.41. The molecule has 0 aliphatic carbocycles. The van der Waals surface area contributed by atoms with Crippen LogP contribution in [0.2, 0.25) is 0 Å². The fourth-order valence-corrected chi connectivity index (χ4v) is 1.28. The highest BCUT2D eigenvalue weighted by Gasteiger charge is 2.37. The van der Waals surface area contributed by atoms with Crippen molar-refractivity contribution in [2.45, 2.75) is 6.18 Å². The number of nitrogen functional groups attached to an aromatic ring is 1. The summed E-state index contributed by atoms with van der Waals surface area (Å²) in [5.41, 5.74) is 5.07. The minimum absolute atomic E-state index is 0.160. The molecule has 1 aromatic carbocycles. The Balaban J connectivity index is 2.49. The number of nitrogens with two attached hydrogens (primary N) is 1. The molecule has 0 radical (unpaired) electrons. The molecule has 2 aromatic rings. The van der Waals surface area contributed by atoms with Crippen LogP contribution in [0.4, 0.5) is 18.9 Å². The van der Waals surface area contributed by atoms with E-state index in [1.54, 1.807) is 0 Å². The molecular formula is C9H7F3N4. The number of benzene rings is 1. The summed E-state index contributed by atoms with van der Waals surface area (Å²) >= 11 is 0.